The minimum absolute atomic E-state index is 0.0663. The maximum Gasteiger partial charge on any atom is 0.471 e. The van der Waals surface area contributed by atoms with Gasteiger partial charge < -0.3 is 10.6 Å². The van der Waals surface area contributed by atoms with Gasteiger partial charge in [-0.05, 0) is 24.8 Å². The van der Waals surface area contributed by atoms with Crippen molar-refractivity contribution in [3.05, 3.63) is 10.4 Å². The van der Waals surface area contributed by atoms with Crippen molar-refractivity contribution < 1.29 is 40.0 Å². The molecule has 28 heavy (non-hydrogen) atoms. The SMILES string of the molecule is O=C(Nc1sc2c(c1S(=O)(=O)Cl)C[C@@H](NC(=O)C(F)(F)F)CC2)C1CC1(F)F. The molecule has 0 spiro atoms. The predicted molar refractivity (Wildman–Crippen MR) is 89.1 cm³/mol. The number of thiophene rings is 1. The normalized spacial score (nSPS) is 23.6. The summed E-state index contributed by atoms with van der Waals surface area (Å²) in [6.45, 7) is 0. The van der Waals surface area contributed by atoms with Gasteiger partial charge in [-0.25, -0.2) is 17.2 Å². The molecule has 2 N–H and O–H groups in total. The minimum Gasteiger partial charge on any atom is -0.345 e. The second-order valence-electron chi connectivity index (χ2n) is 6.52. The van der Waals surface area contributed by atoms with E-state index in [-0.39, 0.29) is 29.8 Å². The molecule has 1 heterocycles. The first-order valence-electron chi connectivity index (χ1n) is 7.85. The van der Waals surface area contributed by atoms with E-state index in [1.165, 1.54) is 0 Å². The molecule has 2 amide bonds. The summed E-state index contributed by atoms with van der Waals surface area (Å²) in [5.74, 6) is -7.95. The fourth-order valence-electron chi connectivity index (χ4n) is 2.98. The molecule has 1 fully saturated rings. The highest BCUT2D eigenvalue weighted by atomic mass is 35.7. The van der Waals surface area contributed by atoms with Crippen molar-refractivity contribution in [3.63, 3.8) is 0 Å². The maximum absolute atomic E-state index is 13.0. The van der Waals surface area contributed by atoms with Gasteiger partial charge in [0.25, 0.3) is 15.0 Å². The first-order chi connectivity index (χ1) is 12.7. The van der Waals surface area contributed by atoms with Crippen LogP contribution in [0.1, 0.15) is 23.3 Å². The molecule has 0 radical (unpaired) electrons. The molecule has 0 saturated heterocycles. The molecule has 0 aromatic carbocycles. The molecule has 0 bridgehead atoms. The van der Waals surface area contributed by atoms with Crippen molar-refractivity contribution >= 4 is 47.9 Å². The number of hydrogen-bond donors (Lipinski definition) is 2. The number of aryl methyl sites for hydroxylation is 1. The summed E-state index contributed by atoms with van der Waals surface area (Å²) < 4.78 is 87.3. The lowest BCUT2D eigenvalue weighted by molar-refractivity contribution is -0.174. The van der Waals surface area contributed by atoms with Crippen LogP contribution in [0.2, 0.25) is 0 Å². The number of rotatable bonds is 4. The van der Waals surface area contributed by atoms with E-state index >= 15 is 0 Å². The van der Waals surface area contributed by atoms with Crippen LogP contribution in [0.5, 0.6) is 0 Å². The Kier molecular flexibility index (Phi) is 5.16. The zero-order chi connectivity index (χ0) is 21.1. The number of alkyl halides is 5. The average molecular weight is 467 g/mol. The molecule has 1 saturated carbocycles. The Morgan fingerprint density at radius 2 is 1.86 bits per heavy atom. The third kappa shape index (κ3) is 4.25. The van der Waals surface area contributed by atoms with Crippen LogP contribution < -0.4 is 10.6 Å². The molecule has 156 valence electrons. The molecule has 1 aromatic rings. The Bertz CT molecular complexity index is 944. The van der Waals surface area contributed by atoms with Gasteiger partial charge in [0.05, 0.1) is 0 Å². The summed E-state index contributed by atoms with van der Waals surface area (Å²) in [5.41, 5.74) is 0.0663. The van der Waals surface area contributed by atoms with E-state index in [0.29, 0.717) is 4.88 Å². The van der Waals surface area contributed by atoms with Crippen molar-refractivity contribution in [2.75, 3.05) is 5.32 Å². The number of anilines is 1. The van der Waals surface area contributed by atoms with Gasteiger partial charge >= 0.3 is 12.1 Å². The van der Waals surface area contributed by atoms with E-state index in [2.05, 4.69) is 5.32 Å². The van der Waals surface area contributed by atoms with Crippen molar-refractivity contribution in [3.8, 4) is 0 Å². The molecule has 2 atom stereocenters. The number of carbonyl (C=O) groups excluding carboxylic acids is 2. The zero-order valence-electron chi connectivity index (χ0n) is 13.7. The molecule has 0 aliphatic heterocycles. The van der Waals surface area contributed by atoms with Crippen LogP contribution in [0.3, 0.4) is 0 Å². The molecule has 3 rings (SSSR count). The third-order valence-corrected chi connectivity index (χ3v) is 7.17. The summed E-state index contributed by atoms with van der Waals surface area (Å²) in [6.07, 6.45) is -5.78. The quantitative estimate of drug-likeness (QED) is 0.527. The third-order valence-electron chi connectivity index (χ3n) is 4.43. The van der Waals surface area contributed by atoms with Gasteiger partial charge in [-0.1, -0.05) is 0 Å². The number of hydrogen-bond acceptors (Lipinski definition) is 5. The lowest BCUT2D eigenvalue weighted by Gasteiger charge is -2.24. The summed E-state index contributed by atoms with van der Waals surface area (Å²) in [6, 6.07) is -0.996. The number of amides is 2. The van der Waals surface area contributed by atoms with Gasteiger partial charge in [0, 0.05) is 28.0 Å². The van der Waals surface area contributed by atoms with Crippen molar-refractivity contribution in [2.45, 2.75) is 48.7 Å². The fraction of sp³-hybridized carbons (Fsp3) is 0.571. The van der Waals surface area contributed by atoms with E-state index in [1.54, 1.807) is 5.32 Å². The Balaban J connectivity index is 1.86. The summed E-state index contributed by atoms with van der Waals surface area (Å²) in [7, 11) is 0.969. The fourth-order valence-corrected chi connectivity index (χ4v) is 6.07. The highest BCUT2D eigenvalue weighted by Crippen LogP contribution is 2.50. The zero-order valence-corrected chi connectivity index (χ0v) is 16.1. The lowest BCUT2D eigenvalue weighted by Crippen LogP contribution is -2.45. The molecular weight excluding hydrogens is 455 g/mol. The topological polar surface area (TPSA) is 92.3 Å². The van der Waals surface area contributed by atoms with Crippen LogP contribution in [-0.2, 0) is 31.5 Å². The van der Waals surface area contributed by atoms with Gasteiger partial charge in [0.2, 0.25) is 5.91 Å². The smallest absolute Gasteiger partial charge is 0.345 e. The van der Waals surface area contributed by atoms with Crippen molar-refractivity contribution in [2.24, 2.45) is 5.92 Å². The average Bonchev–Trinajstić information content (AvgIpc) is 3.00. The first kappa shape index (κ1) is 21.2. The number of fused-ring (bicyclic) bond motifs is 1. The Labute approximate surface area is 163 Å². The van der Waals surface area contributed by atoms with E-state index in [1.807, 2.05) is 0 Å². The van der Waals surface area contributed by atoms with Gasteiger partial charge in [0.1, 0.15) is 15.8 Å². The number of halogens is 6. The summed E-state index contributed by atoms with van der Waals surface area (Å²) >= 11 is 0.814. The van der Waals surface area contributed by atoms with Crippen molar-refractivity contribution in [1.82, 2.24) is 5.32 Å². The largest absolute Gasteiger partial charge is 0.471 e. The Hall–Kier alpha value is -1.47. The van der Waals surface area contributed by atoms with Gasteiger partial charge in [-0.3, -0.25) is 9.59 Å². The van der Waals surface area contributed by atoms with Gasteiger partial charge in [-0.2, -0.15) is 13.2 Å². The number of nitrogens with one attached hydrogen (secondary N) is 2. The molecule has 14 heteroatoms. The van der Waals surface area contributed by atoms with E-state index in [9.17, 15) is 40.0 Å². The first-order valence-corrected chi connectivity index (χ1v) is 11.0. The van der Waals surface area contributed by atoms with Crippen LogP contribution in [0.4, 0.5) is 27.0 Å². The standard InChI is InChI=1S/C14H12ClF5N2O4S2/c15-28(25,26)9-6-3-5(21-12(24)14(18,19)20)1-2-8(6)27-11(9)22-10(23)7-4-13(7,16)17/h5,7H,1-4H2,(H,21,24)(H,22,23)/t5-,7?/m0/s1. The minimum atomic E-state index is -5.09. The van der Waals surface area contributed by atoms with Crippen LogP contribution >= 0.6 is 22.0 Å². The van der Waals surface area contributed by atoms with Crippen LogP contribution in [0.15, 0.2) is 4.90 Å². The molecule has 6 nitrogen and oxygen atoms in total. The molecule has 1 unspecified atom stereocenters. The van der Waals surface area contributed by atoms with Crippen LogP contribution in [0, 0.1) is 5.92 Å². The predicted octanol–water partition coefficient (Wildman–Crippen LogP) is 2.81. The Morgan fingerprint density at radius 1 is 1.25 bits per heavy atom. The van der Waals surface area contributed by atoms with E-state index in [4.69, 9.17) is 10.7 Å². The molecular formula is C14H12ClF5N2O4S2. The summed E-state index contributed by atoms with van der Waals surface area (Å²) in [5, 5.41) is 3.67. The molecule has 1 aromatic heterocycles. The second kappa shape index (κ2) is 6.80. The van der Waals surface area contributed by atoms with E-state index in [0.717, 1.165) is 11.3 Å². The van der Waals surface area contributed by atoms with E-state index < -0.39 is 56.2 Å². The monoisotopic (exact) mass is 466 g/mol. The van der Waals surface area contributed by atoms with Crippen LogP contribution in [-0.4, -0.2) is 38.4 Å². The second-order valence-corrected chi connectivity index (χ2v) is 10.1. The summed E-state index contributed by atoms with van der Waals surface area (Å²) in [4.78, 5) is 22.9. The van der Waals surface area contributed by atoms with Crippen molar-refractivity contribution in [1.29, 1.82) is 0 Å². The van der Waals surface area contributed by atoms with Crippen LogP contribution in [0.25, 0.3) is 0 Å². The molecule has 2 aliphatic carbocycles. The highest BCUT2D eigenvalue weighted by Gasteiger charge is 2.61. The Morgan fingerprint density at radius 3 is 2.36 bits per heavy atom. The maximum atomic E-state index is 13.0. The highest BCUT2D eigenvalue weighted by molar-refractivity contribution is 8.14. The number of carbonyl (C=O) groups is 2. The van der Waals surface area contributed by atoms with Gasteiger partial charge in [-0.15, -0.1) is 11.3 Å². The molecule has 2 aliphatic rings. The lowest BCUT2D eigenvalue weighted by atomic mass is 9.94. The van der Waals surface area contributed by atoms with Gasteiger partial charge in [0.15, 0.2) is 0 Å².